The molecule has 1 aliphatic rings. The molecule has 1 unspecified atom stereocenters. The van der Waals surface area contributed by atoms with Gasteiger partial charge in [-0.3, -0.25) is 9.59 Å². The Bertz CT molecular complexity index is 1210. The van der Waals surface area contributed by atoms with Gasteiger partial charge in [0.15, 0.2) is 5.76 Å². The lowest BCUT2D eigenvalue weighted by Crippen LogP contribution is -2.34. The van der Waals surface area contributed by atoms with E-state index >= 15 is 0 Å². The Labute approximate surface area is 196 Å². The molecule has 8 heteroatoms. The van der Waals surface area contributed by atoms with Gasteiger partial charge in [0.1, 0.15) is 22.6 Å². The van der Waals surface area contributed by atoms with Gasteiger partial charge < -0.3 is 19.2 Å². The average molecular weight is 467 g/mol. The molecule has 3 aromatic rings. The molecule has 3 heterocycles. The topological polar surface area (TPSA) is 92.9 Å². The van der Waals surface area contributed by atoms with E-state index < -0.39 is 23.5 Å². The number of ether oxygens (including phenoxy) is 1. The SMILES string of the molecule is Cc1ccc(C2C(C(=O)c3sc(-c4ccccc4)nc3C)=C(O)C(=O)N2CCOC(C)C)o1. The van der Waals surface area contributed by atoms with Gasteiger partial charge in [-0.15, -0.1) is 11.3 Å². The predicted octanol–water partition coefficient (Wildman–Crippen LogP) is 5.02. The fourth-order valence-electron chi connectivity index (χ4n) is 3.83. The molecule has 0 bridgehead atoms. The second kappa shape index (κ2) is 9.33. The van der Waals surface area contributed by atoms with Gasteiger partial charge in [0.05, 0.1) is 28.9 Å². The number of furan rings is 1. The molecule has 0 saturated carbocycles. The fraction of sp³-hybridized carbons (Fsp3) is 0.320. The molecule has 0 fully saturated rings. The molecule has 4 rings (SSSR count). The van der Waals surface area contributed by atoms with Gasteiger partial charge in [0.2, 0.25) is 5.78 Å². The maximum Gasteiger partial charge on any atom is 0.290 e. The molecular formula is C25H26N2O5S. The summed E-state index contributed by atoms with van der Waals surface area (Å²) >= 11 is 1.25. The van der Waals surface area contributed by atoms with Gasteiger partial charge in [-0.25, -0.2) is 4.98 Å². The van der Waals surface area contributed by atoms with Gasteiger partial charge in [0.25, 0.3) is 5.91 Å². The van der Waals surface area contributed by atoms with Crippen LogP contribution < -0.4 is 0 Å². The minimum absolute atomic E-state index is 0.00487. The summed E-state index contributed by atoms with van der Waals surface area (Å²) in [6, 6.07) is 12.2. The summed E-state index contributed by atoms with van der Waals surface area (Å²) in [5.74, 6) is -0.533. The number of aliphatic hydroxyl groups excluding tert-OH is 1. The summed E-state index contributed by atoms with van der Waals surface area (Å²) in [4.78, 5) is 33.0. The van der Waals surface area contributed by atoms with Gasteiger partial charge in [-0.1, -0.05) is 30.3 Å². The van der Waals surface area contributed by atoms with Crippen molar-refractivity contribution in [3.05, 3.63) is 75.9 Å². The lowest BCUT2D eigenvalue weighted by molar-refractivity contribution is -0.130. The Balaban J connectivity index is 1.72. The van der Waals surface area contributed by atoms with Gasteiger partial charge >= 0.3 is 0 Å². The summed E-state index contributed by atoms with van der Waals surface area (Å²) in [6.07, 6.45) is -0.00841. The lowest BCUT2D eigenvalue weighted by Gasteiger charge is -2.25. The number of Topliss-reactive ketones (excluding diaryl/α,β-unsaturated/α-hetero) is 1. The maximum atomic E-state index is 13.7. The van der Waals surface area contributed by atoms with Crippen LogP contribution in [0, 0.1) is 13.8 Å². The molecular weight excluding hydrogens is 440 g/mol. The molecule has 33 heavy (non-hydrogen) atoms. The second-order valence-electron chi connectivity index (χ2n) is 8.16. The Hall–Kier alpha value is -3.23. The molecule has 1 N–H and O–H groups in total. The second-order valence-corrected chi connectivity index (χ2v) is 9.16. The van der Waals surface area contributed by atoms with E-state index in [1.807, 2.05) is 44.2 Å². The molecule has 0 spiro atoms. The minimum Gasteiger partial charge on any atom is -0.503 e. The number of hydrogen-bond acceptors (Lipinski definition) is 7. The Morgan fingerprint density at radius 1 is 1.21 bits per heavy atom. The predicted molar refractivity (Wildman–Crippen MR) is 125 cm³/mol. The van der Waals surface area contributed by atoms with E-state index in [1.54, 1.807) is 26.0 Å². The van der Waals surface area contributed by atoms with Crippen LogP contribution >= 0.6 is 11.3 Å². The van der Waals surface area contributed by atoms with Crippen molar-refractivity contribution in [3.63, 3.8) is 0 Å². The monoisotopic (exact) mass is 466 g/mol. The number of carbonyl (C=O) groups is 2. The zero-order chi connectivity index (χ0) is 23.7. The van der Waals surface area contributed by atoms with Crippen molar-refractivity contribution in [2.24, 2.45) is 0 Å². The number of aromatic nitrogens is 1. The Morgan fingerprint density at radius 3 is 2.58 bits per heavy atom. The highest BCUT2D eigenvalue weighted by Crippen LogP contribution is 2.41. The first kappa shape index (κ1) is 22.9. The van der Waals surface area contributed by atoms with Crippen LogP contribution in [0.4, 0.5) is 0 Å². The molecule has 1 aromatic carbocycles. The first-order valence-electron chi connectivity index (χ1n) is 10.8. The van der Waals surface area contributed by atoms with E-state index in [2.05, 4.69) is 4.98 Å². The number of carbonyl (C=O) groups excluding carboxylic acids is 2. The van der Waals surface area contributed by atoms with Crippen LogP contribution in [0.25, 0.3) is 10.6 Å². The number of rotatable bonds is 8. The van der Waals surface area contributed by atoms with E-state index in [4.69, 9.17) is 9.15 Å². The first-order valence-corrected chi connectivity index (χ1v) is 11.6. The lowest BCUT2D eigenvalue weighted by atomic mass is 9.99. The van der Waals surface area contributed by atoms with Crippen molar-refractivity contribution in [1.82, 2.24) is 9.88 Å². The highest BCUT2D eigenvalue weighted by Gasteiger charge is 2.45. The largest absolute Gasteiger partial charge is 0.503 e. The molecule has 1 amide bonds. The van der Waals surface area contributed by atoms with E-state index in [-0.39, 0.29) is 24.8 Å². The first-order chi connectivity index (χ1) is 15.8. The summed E-state index contributed by atoms with van der Waals surface area (Å²) < 4.78 is 11.4. The number of ketones is 1. The van der Waals surface area contributed by atoms with Crippen LogP contribution in [0.2, 0.25) is 0 Å². The van der Waals surface area contributed by atoms with Crippen LogP contribution in [0.5, 0.6) is 0 Å². The average Bonchev–Trinajstić information content (AvgIpc) is 3.46. The fourth-order valence-corrected chi connectivity index (χ4v) is 4.86. The Morgan fingerprint density at radius 2 is 1.94 bits per heavy atom. The van der Waals surface area contributed by atoms with Gasteiger partial charge in [-0.05, 0) is 39.8 Å². The van der Waals surface area contributed by atoms with Crippen LogP contribution in [-0.4, -0.2) is 45.9 Å². The highest BCUT2D eigenvalue weighted by atomic mass is 32.1. The molecule has 1 aliphatic heterocycles. The highest BCUT2D eigenvalue weighted by molar-refractivity contribution is 7.17. The third-order valence-electron chi connectivity index (χ3n) is 5.39. The molecule has 172 valence electrons. The number of hydrogen-bond donors (Lipinski definition) is 1. The quantitative estimate of drug-likeness (QED) is 0.469. The van der Waals surface area contributed by atoms with Crippen molar-refractivity contribution >= 4 is 23.0 Å². The van der Waals surface area contributed by atoms with Crippen molar-refractivity contribution in [2.45, 2.75) is 39.8 Å². The standard InChI is InChI=1S/C25H26N2O5S/c1-14(2)31-13-12-27-20(18-11-10-15(3)32-18)19(22(29)25(27)30)21(28)23-16(4)26-24(33-23)17-8-6-5-7-9-17/h5-11,14,20,29H,12-13H2,1-4H3. The van der Waals surface area contributed by atoms with Crippen molar-refractivity contribution in [3.8, 4) is 10.6 Å². The maximum absolute atomic E-state index is 13.7. The van der Waals surface area contributed by atoms with E-state index in [9.17, 15) is 14.7 Å². The van der Waals surface area contributed by atoms with Gasteiger partial charge in [-0.2, -0.15) is 0 Å². The minimum atomic E-state index is -0.837. The number of nitrogens with zero attached hydrogens (tertiary/aromatic N) is 2. The molecule has 2 aromatic heterocycles. The van der Waals surface area contributed by atoms with Crippen LogP contribution in [0.1, 0.15) is 46.8 Å². The third kappa shape index (κ3) is 4.49. The number of thiazole rings is 1. The smallest absolute Gasteiger partial charge is 0.290 e. The molecule has 0 radical (unpaired) electrons. The zero-order valence-electron chi connectivity index (χ0n) is 19.0. The van der Waals surface area contributed by atoms with Crippen molar-refractivity contribution < 1.29 is 23.8 Å². The van der Waals surface area contributed by atoms with Crippen LogP contribution in [0.15, 0.2) is 58.2 Å². The van der Waals surface area contributed by atoms with Crippen LogP contribution in [-0.2, 0) is 9.53 Å². The number of aliphatic hydroxyl groups is 1. The number of benzene rings is 1. The van der Waals surface area contributed by atoms with Crippen LogP contribution in [0.3, 0.4) is 0 Å². The molecule has 7 nitrogen and oxygen atoms in total. The number of amides is 1. The van der Waals surface area contributed by atoms with Crippen molar-refractivity contribution in [2.75, 3.05) is 13.2 Å². The van der Waals surface area contributed by atoms with Gasteiger partial charge in [0, 0.05) is 12.1 Å². The summed E-state index contributed by atoms with van der Waals surface area (Å²) in [5.41, 5.74) is 1.45. The Kier molecular flexibility index (Phi) is 6.49. The third-order valence-corrected chi connectivity index (χ3v) is 6.59. The van der Waals surface area contributed by atoms with E-state index in [0.717, 1.165) is 5.56 Å². The molecule has 0 saturated heterocycles. The van der Waals surface area contributed by atoms with Crippen molar-refractivity contribution in [1.29, 1.82) is 0 Å². The molecule has 0 aliphatic carbocycles. The summed E-state index contributed by atoms with van der Waals surface area (Å²) in [6.45, 7) is 7.83. The normalized spacial score (nSPS) is 16.3. The zero-order valence-corrected chi connectivity index (χ0v) is 19.8. The number of aryl methyl sites for hydroxylation is 2. The molecule has 1 atom stereocenters. The summed E-state index contributed by atoms with van der Waals surface area (Å²) in [5, 5.41) is 11.5. The summed E-state index contributed by atoms with van der Waals surface area (Å²) in [7, 11) is 0. The van der Waals surface area contributed by atoms with E-state index in [1.165, 1.54) is 16.2 Å². The van der Waals surface area contributed by atoms with E-state index in [0.29, 0.717) is 27.1 Å².